The Morgan fingerprint density at radius 2 is 2.12 bits per heavy atom. The third-order valence-electron chi connectivity index (χ3n) is 6.28. The van der Waals surface area contributed by atoms with E-state index in [1.54, 1.807) is 0 Å². The Balaban J connectivity index is 1.68. The molecule has 3 aliphatic rings. The standard InChI is InChI=1S/C21H30N2S/c1-14(2)12-23-20(22-19-8-5-15(3)9-16(19)4)24-13-21(23)11-17-6-7-18(21)10-17/h5,8-9,14,17-18H,6-7,10-13H2,1-4H3. The van der Waals surface area contributed by atoms with Crippen LogP contribution in [0.5, 0.6) is 0 Å². The fourth-order valence-electron chi connectivity index (χ4n) is 5.21. The molecule has 2 bridgehead atoms. The topological polar surface area (TPSA) is 15.6 Å². The molecule has 3 fully saturated rings. The zero-order valence-corrected chi connectivity index (χ0v) is 16.3. The quantitative estimate of drug-likeness (QED) is 0.715. The van der Waals surface area contributed by atoms with Gasteiger partial charge in [-0.1, -0.05) is 43.3 Å². The molecule has 3 heteroatoms. The van der Waals surface area contributed by atoms with Gasteiger partial charge < -0.3 is 4.90 Å². The number of aryl methyl sites for hydroxylation is 2. The van der Waals surface area contributed by atoms with Crippen LogP contribution < -0.4 is 0 Å². The Bertz CT molecular complexity index is 666. The molecule has 2 saturated carbocycles. The van der Waals surface area contributed by atoms with Crippen LogP contribution in [0.15, 0.2) is 23.2 Å². The lowest BCUT2D eigenvalue weighted by atomic mass is 9.81. The smallest absolute Gasteiger partial charge is 0.164 e. The third-order valence-corrected chi connectivity index (χ3v) is 7.49. The van der Waals surface area contributed by atoms with Gasteiger partial charge >= 0.3 is 0 Å². The highest BCUT2D eigenvalue weighted by molar-refractivity contribution is 8.14. The minimum atomic E-state index is 0.412. The maximum atomic E-state index is 5.14. The van der Waals surface area contributed by atoms with E-state index >= 15 is 0 Å². The van der Waals surface area contributed by atoms with Crippen LogP contribution >= 0.6 is 11.8 Å². The highest BCUT2D eigenvalue weighted by Crippen LogP contribution is 2.57. The number of rotatable bonds is 3. The average Bonchev–Trinajstić information content (AvgIpc) is 3.20. The first-order chi connectivity index (χ1) is 11.5. The summed E-state index contributed by atoms with van der Waals surface area (Å²) in [4.78, 5) is 7.87. The van der Waals surface area contributed by atoms with Crippen molar-refractivity contribution in [1.82, 2.24) is 4.90 Å². The Labute approximate surface area is 151 Å². The van der Waals surface area contributed by atoms with Crippen LogP contribution in [0, 0.1) is 31.6 Å². The first-order valence-electron chi connectivity index (χ1n) is 9.54. The van der Waals surface area contributed by atoms with Gasteiger partial charge in [-0.3, -0.25) is 0 Å². The summed E-state index contributed by atoms with van der Waals surface area (Å²) in [5.41, 5.74) is 4.17. The molecule has 4 rings (SSSR count). The molecular formula is C21H30N2S. The Kier molecular flexibility index (Phi) is 4.19. The minimum absolute atomic E-state index is 0.412. The van der Waals surface area contributed by atoms with Crippen LogP contribution in [-0.2, 0) is 0 Å². The van der Waals surface area contributed by atoms with Gasteiger partial charge in [0.2, 0.25) is 0 Å². The molecule has 1 aromatic carbocycles. The van der Waals surface area contributed by atoms with Crippen LogP contribution in [0.25, 0.3) is 0 Å². The molecule has 24 heavy (non-hydrogen) atoms. The lowest BCUT2D eigenvalue weighted by molar-refractivity contribution is 0.121. The van der Waals surface area contributed by atoms with Gasteiger partial charge in [-0.15, -0.1) is 0 Å². The number of hydrogen-bond donors (Lipinski definition) is 0. The fraction of sp³-hybridized carbons (Fsp3) is 0.667. The molecule has 0 aromatic heterocycles. The molecule has 2 aliphatic carbocycles. The van der Waals surface area contributed by atoms with Gasteiger partial charge in [0.1, 0.15) is 0 Å². The minimum Gasteiger partial charge on any atom is -0.344 e. The number of hydrogen-bond acceptors (Lipinski definition) is 2. The van der Waals surface area contributed by atoms with E-state index in [0.717, 1.165) is 24.1 Å². The van der Waals surface area contributed by atoms with E-state index in [-0.39, 0.29) is 0 Å². The summed E-state index contributed by atoms with van der Waals surface area (Å²) in [6, 6.07) is 6.63. The summed E-state index contributed by atoms with van der Waals surface area (Å²) in [5, 5.41) is 1.28. The third kappa shape index (κ3) is 2.69. The second-order valence-corrected chi connectivity index (χ2v) is 9.60. The predicted octanol–water partition coefficient (Wildman–Crippen LogP) is 5.55. The second-order valence-electron chi connectivity index (χ2n) is 8.66. The highest BCUT2D eigenvalue weighted by Gasteiger charge is 2.57. The van der Waals surface area contributed by atoms with E-state index in [4.69, 9.17) is 4.99 Å². The summed E-state index contributed by atoms with van der Waals surface area (Å²) in [7, 11) is 0. The van der Waals surface area contributed by atoms with Gasteiger partial charge in [0.05, 0.1) is 11.2 Å². The number of benzene rings is 1. The summed E-state index contributed by atoms with van der Waals surface area (Å²) in [5.74, 6) is 3.82. The zero-order valence-electron chi connectivity index (χ0n) is 15.5. The van der Waals surface area contributed by atoms with Crippen molar-refractivity contribution >= 4 is 22.6 Å². The van der Waals surface area contributed by atoms with E-state index in [0.29, 0.717) is 11.5 Å². The normalized spacial score (nSPS) is 33.5. The maximum Gasteiger partial charge on any atom is 0.164 e. The van der Waals surface area contributed by atoms with E-state index in [9.17, 15) is 0 Å². The number of thioether (sulfide) groups is 1. The first-order valence-corrected chi connectivity index (χ1v) is 10.5. The van der Waals surface area contributed by atoms with Crippen molar-refractivity contribution in [2.24, 2.45) is 22.7 Å². The first kappa shape index (κ1) is 16.5. The monoisotopic (exact) mass is 342 g/mol. The van der Waals surface area contributed by atoms with Gasteiger partial charge in [-0.2, -0.15) is 0 Å². The number of fused-ring (bicyclic) bond motifs is 3. The maximum absolute atomic E-state index is 5.14. The fourth-order valence-corrected chi connectivity index (χ4v) is 6.67. The summed E-state index contributed by atoms with van der Waals surface area (Å²) in [6.45, 7) is 10.2. The molecule has 1 saturated heterocycles. The average molecular weight is 343 g/mol. The summed E-state index contributed by atoms with van der Waals surface area (Å²) < 4.78 is 0. The van der Waals surface area contributed by atoms with Crippen molar-refractivity contribution in [3.05, 3.63) is 29.3 Å². The van der Waals surface area contributed by atoms with Crippen LogP contribution in [0.4, 0.5) is 5.69 Å². The molecule has 0 radical (unpaired) electrons. The molecule has 2 nitrogen and oxygen atoms in total. The molecule has 0 N–H and O–H groups in total. The van der Waals surface area contributed by atoms with Crippen molar-refractivity contribution in [3.8, 4) is 0 Å². The van der Waals surface area contributed by atoms with Gasteiger partial charge in [0.15, 0.2) is 5.17 Å². The van der Waals surface area contributed by atoms with E-state index < -0.39 is 0 Å². The molecule has 1 heterocycles. The van der Waals surface area contributed by atoms with Gasteiger partial charge in [-0.05, 0) is 68.9 Å². The van der Waals surface area contributed by atoms with Crippen molar-refractivity contribution in [1.29, 1.82) is 0 Å². The Hall–Kier alpha value is -0.960. The molecule has 1 aromatic rings. The molecule has 0 amide bonds. The molecule has 3 unspecified atom stereocenters. The Morgan fingerprint density at radius 1 is 1.29 bits per heavy atom. The molecule has 3 atom stereocenters. The summed E-state index contributed by atoms with van der Waals surface area (Å²) >= 11 is 2.01. The number of nitrogens with zero attached hydrogens (tertiary/aromatic N) is 2. The van der Waals surface area contributed by atoms with Crippen LogP contribution in [0.2, 0.25) is 0 Å². The van der Waals surface area contributed by atoms with E-state index in [1.807, 2.05) is 11.8 Å². The van der Waals surface area contributed by atoms with E-state index in [1.165, 1.54) is 47.7 Å². The van der Waals surface area contributed by atoms with Crippen molar-refractivity contribution in [2.75, 3.05) is 12.3 Å². The molecular weight excluding hydrogens is 312 g/mol. The van der Waals surface area contributed by atoms with Crippen molar-refractivity contribution in [2.45, 2.75) is 58.9 Å². The SMILES string of the molecule is Cc1ccc(N=C2SCC3(CC4CCC3C4)N2CC(C)C)c(C)c1. The zero-order chi connectivity index (χ0) is 16.9. The number of amidine groups is 1. The number of aliphatic imine (C=N–C) groups is 1. The van der Waals surface area contributed by atoms with E-state index in [2.05, 4.69) is 50.8 Å². The molecule has 130 valence electrons. The lowest BCUT2D eigenvalue weighted by Crippen LogP contribution is -2.52. The Morgan fingerprint density at radius 3 is 2.75 bits per heavy atom. The van der Waals surface area contributed by atoms with Crippen LogP contribution in [-0.4, -0.2) is 27.9 Å². The van der Waals surface area contributed by atoms with Gasteiger partial charge in [0, 0.05) is 12.3 Å². The second kappa shape index (κ2) is 6.09. The molecule has 1 aliphatic heterocycles. The van der Waals surface area contributed by atoms with Crippen LogP contribution in [0.3, 0.4) is 0 Å². The van der Waals surface area contributed by atoms with Crippen LogP contribution in [0.1, 0.15) is 50.7 Å². The van der Waals surface area contributed by atoms with Gasteiger partial charge in [-0.25, -0.2) is 4.99 Å². The lowest BCUT2D eigenvalue weighted by Gasteiger charge is -2.43. The van der Waals surface area contributed by atoms with Gasteiger partial charge in [0.25, 0.3) is 0 Å². The summed E-state index contributed by atoms with van der Waals surface area (Å²) in [6.07, 6.45) is 5.78. The highest BCUT2D eigenvalue weighted by atomic mass is 32.2. The van der Waals surface area contributed by atoms with Crippen molar-refractivity contribution < 1.29 is 0 Å². The largest absolute Gasteiger partial charge is 0.344 e. The molecule has 1 spiro atoms. The predicted molar refractivity (Wildman–Crippen MR) is 105 cm³/mol. The van der Waals surface area contributed by atoms with Crippen molar-refractivity contribution in [3.63, 3.8) is 0 Å².